The number of furan rings is 1. The molecule has 0 aliphatic carbocycles. The predicted molar refractivity (Wildman–Crippen MR) is 244 cm³/mol. The van der Waals surface area contributed by atoms with E-state index < -0.39 is 0 Å². The minimum atomic E-state index is 0.856. The molecule has 9 aromatic carbocycles. The molecule has 3 heteroatoms. The monoisotopic (exact) mass is 742 g/mol. The van der Waals surface area contributed by atoms with Crippen LogP contribution < -0.4 is 4.90 Å². The van der Waals surface area contributed by atoms with Gasteiger partial charge >= 0.3 is 0 Å². The minimum absolute atomic E-state index is 0.856. The van der Waals surface area contributed by atoms with Crippen molar-refractivity contribution in [3.8, 4) is 39.1 Å². The molecule has 0 spiro atoms. The summed E-state index contributed by atoms with van der Waals surface area (Å²) in [5.74, 6) is 0. The van der Waals surface area contributed by atoms with E-state index in [1.165, 1.54) is 49.6 Å². The van der Waals surface area contributed by atoms with Gasteiger partial charge in [-0.1, -0.05) is 158 Å². The molecule has 11 rings (SSSR count). The van der Waals surface area contributed by atoms with Crippen LogP contribution in [0.1, 0.15) is 5.56 Å². The fraction of sp³-hybridized carbons (Fsp3) is 0.0182. The zero-order valence-corrected chi connectivity index (χ0v) is 32.0. The van der Waals surface area contributed by atoms with Gasteiger partial charge < -0.3 is 13.9 Å². The van der Waals surface area contributed by atoms with Crippen molar-refractivity contribution in [3.05, 3.63) is 218 Å². The van der Waals surface area contributed by atoms with Crippen LogP contribution >= 0.6 is 0 Å². The molecule has 3 nitrogen and oxygen atoms in total. The topological polar surface area (TPSA) is 21.3 Å². The van der Waals surface area contributed by atoms with Crippen molar-refractivity contribution in [2.75, 3.05) is 4.90 Å². The highest BCUT2D eigenvalue weighted by atomic mass is 16.3. The maximum atomic E-state index is 7.01. The van der Waals surface area contributed by atoms with Crippen LogP contribution in [0.4, 0.5) is 17.1 Å². The van der Waals surface area contributed by atoms with Gasteiger partial charge in [0.05, 0.1) is 27.8 Å². The molecule has 0 aliphatic heterocycles. The molecule has 274 valence electrons. The highest BCUT2D eigenvalue weighted by Gasteiger charge is 2.25. The van der Waals surface area contributed by atoms with E-state index in [9.17, 15) is 0 Å². The second-order valence-corrected chi connectivity index (χ2v) is 14.9. The van der Waals surface area contributed by atoms with Gasteiger partial charge in [-0.05, 0) is 89.3 Å². The molecule has 0 fully saturated rings. The maximum Gasteiger partial charge on any atom is 0.145 e. The number of anilines is 3. The quantitative estimate of drug-likeness (QED) is 0.162. The molecular formula is C55H38N2O. The van der Waals surface area contributed by atoms with Gasteiger partial charge in [-0.2, -0.15) is 0 Å². The minimum Gasteiger partial charge on any atom is -0.455 e. The van der Waals surface area contributed by atoms with E-state index in [4.69, 9.17) is 4.42 Å². The Hall–Kier alpha value is -7.62. The largest absolute Gasteiger partial charge is 0.455 e. The number of hydrogen-bond donors (Lipinski definition) is 0. The highest BCUT2D eigenvalue weighted by Crippen LogP contribution is 2.49. The highest BCUT2D eigenvalue weighted by molar-refractivity contribution is 6.18. The van der Waals surface area contributed by atoms with Gasteiger partial charge in [-0.15, -0.1) is 0 Å². The van der Waals surface area contributed by atoms with Crippen LogP contribution in [0.5, 0.6) is 0 Å². The number of rotatable bonds is 7. The molecule has 0 N–H and O–H groups in total. The fourth-order valence-corrected chi connectivity index (χ4v) is 8.91. The van der Waals surface area contributed by atoms with E-state index >= 15 is 0 Å². The van der Waals surface area contributed by atoms with E-state index in [0.29, 0.717) is 0 Å². The van der Waals surface area contributed by atoms with Crippen molar-refractivity contribution in [1.29, 1.82) is 0 Å². The Balaban J connectivity index is 1.19. The zero-order valence-electron chi connectivity index (χ0n) is 32.0. The molecule has 0 bridgehead atoms. The van der Waals surface area contributed by atoms with E-state index in [0.717, 1.165) is 55.8 Å². The molecule has 2 heterocycles. The summed E-state index contributed by atoms with van der Waals surface area (Å²) in [6, 6.07) is 76.1. The molecule has 0 unspecified atom stereocenters. The third-order valence-electron chi connectivity index (χ3n) is 11.5. The second kappa shape index (κ2) is 13.8. The standard InChI is InChI=1S/C55H38N2O/c1-37-18-8-13-27-48(37)56(40-32-33-41(38-19-4-2-5-20-38)47(36-40)39-21-6-3-7-22-39)52-35-34-45(55-54(52)46-26-12-17-31-53(46)58-55)44-25-11-16-30-51(44)57-49-28-14-9-23-42(49)43-24-10-15-29-50(43)57/h2-36H,1H3. The van der Waals surface area contributed by atoms with E-state index in [2.05, 4.69) is 229 Å². The first-order valence-corrected chi connectivity index (χ1v) is 19.9. The first-order chi connectivity index (χ1) is 28.7. The van der Waals surface area contributed by atoms with E-state index in [-0.39, 0.29) is 0 Å². The average molecular weight is 743 g/mol. The van der Waals surface area contributed by atoms with Gasteiger partial charge in [-0.25, -0.2) is 0 Å². The van der Waals surface area contributed by atoms with Crippen molar-refractivity contribution in [3.63, 3.8) is 0 Å². The first kappa shape index (κ1) is 33.7. The second-order valence-electron chi connectivity index (χ2n) is 14.9. The van der Waals surface area contributed by atoms with Crippen LogP contribution in [0.2, 0.25) is 0 Å². The summed E-state index contributed by atoms with van der Waals surface area (Å²) in [6.45, 7) is 2.19. The van der Waals surface area contributed by atoms with Crippen molar-refractivity contribution < 1.29 is 4.42 Å². The van der Waals surface area contributed by atoms with Crippen LogP contribution in [0, 0.1) is 6.92 Å². The lowest BCUT2D eigenvalue weighted by atomic mass is 9.93. The van der Waals surface area contributed by atoms with Crippen molar-refractivity contribution >= 4 is 60.8 Å². The maximum absolute atomic E-state index is 7.01. The third kappa shape index (κ3) is 5.43. The lowest BCUT2D eigenvalue weighted by Crippen LogP contribution is -2.12. The smallest absolute Gasteiger partial charge is 0.145 e. The number of para-hydroxylation sites is 5. The summed E-state index contributed by atoms with van der Waals surface area (Å²) in [4.78, 5) is 2.42. The number of fused-ring (bicyclic) bond motifs is 6. The Morgan fingerprint density at radius 2 is 0.983 bits per heavy atom. The summed E-state index contributed by atoms with van der Waals surface area (Å²) in [7, 11) is 0. The van der Waals surface area contributed by atoms with Crippen LogP contribution in [-0.4, -0.2) is 4.57 Å². The van der Waals surface area contributed by atoms with Crippen LogP contribution in [-0.2, 0) is 0 Å². The van der Waals surface area contributed by atoms with Gasteiger partial charge in [0.2, 0.25) is 0 Å². The molecule has 0 saturated carbocycles. The molecule has 2 aromatic heterocycles. The Morgan fingerprint density at radius 1 is 0.414 bits per heavy atom. The fourth-order valence-electron chi connectivity index (χ4n) is 8.91. The summed E-state index contributed by atoms with van der Waals surface area (Å²) in [6.07, 6.45) is 0. The van der Waals surface area contributed by atoms with Crippen LogP contribution in [0.3, 0.4) is 0 Å². The molecular weight excluding hydrogens is 705 g/mol. The third-order valence-corrected chi connectivity index (χ3v) is 11.5. The van der Waals surface area contributed by atoms with E-state index in [1.807, 2.05) is 0 Å². The van der Waals surface area contributed by atoms with E-state index in [1.54, 1.807) is 0 Å². The van der Waals surface area contributed by atoms with Crippen molar-refractivity contribution in [1.82, 2.24) is 4.57 Å². The Kier molecular flexibility index (Phi) is 8.04. The summed E-state index contributed by atoms with van der Waals surface area (Å²) < 4.78 is 9.42. The molecule has 0 saturated heterocycles. The number of benzene rings is 9. The molecule has 0 atom stereocenters. The number of hydrogen-bond acceptors (Lipinski definition) is 2. The normalized spacial score (nSPS) is 11.5. The SMILES string of the molecule is Cc1ccccc1N(c1ccc(-c2ccccc2)c(-c2ccccc2)c1)c1ccc(-c2ccccc2-n2c3ccccc3c3ccccc32)c2oc3ccccc3c12. The molecule has 0 radical (unpaired) electrons. The van der Waals surface area contributed by atoms with Gasteiger partial charge in [-0.3, -0.25) is 0 Å². The summed E-state index contributed by atoms with van der Waals surface area (Å²) in [5.41, 5.74) is 16.4. The summed E-state index contributed by atoms with van der Waals surface area (Å²) >= 11 is 0. The molecule has 58 heavy (non-hydrogen) atoms. The Bertz CT molecular complexity index is 3250. The van der Waals surface area contributed by atoms with Gasteiger partial charge in [0.15, 0.2) is 0 Å². The number of aryl methyl sites for hydroxylation is 1. The lowest BCUT2D eigenvalue weighted by molar-refractivity contribution is 0.670. The Labute approximate surface area is 337 Å². The predicted octanol–water partition coefficient (Wildman–Crippen LogP) is 15.5. The number of aromatic nitrogens is 1. The Morgan fingerprint density at radius 3 is 1.71 bits per heavy atom. The number of nitrogens with zero attached hydrogens (tertiary/aromatic N) is 2. The van der Waals surface area contributed by atoms with Crippen LogP contribution in [0.15, 0.2) is 217 Å². The van der Waals surface area contributed by atoms with Crippen molar-refractivity contribution in [2.45, 2.75) is 6.92 Å². The summed E-state index contributed by atoms with van der Waals surface area (Å²) in [5, 5.41) is 4.62. The molecule has 11 aromatic rings. The van der Waals surface area contributed by atoms with Crippen LogP contribution in [0.25, 0.3) is 82.8 Å². The molecule has 0 aliphatic rings. The van der Waals surface area contributed by atoms with Gasteiger partial charge in [0.25, 0.3) is 0 Å². The lowest BCUT2D eigenvalue weighted by Gasteiger charge is -2.29. The zero-order chi connectivity index (χ0) is 38.6. The van der Waals surface area contributed by atoms with Gasteiger partial charge in [0, 0.05) is 38.7 Å². The van der Waals surface area contributed by atoms with Crippen molar-refractivity contribution in [2.24, 2.45) is 0 Å². The van der Waals surface area contributed by atoms with Gasteiger partial charge in [0.1, 0.15) is 11.2 Å². The average Bonchev–Trinajstić information content (AvgIpc) is 3.85. The molecule has 0 amide bonds. The first-order valence-electron chi connectivity index (χ1n) is 19.9.